The van der Waals surface area contributed by atoms with E-state index in [4.69, 9.17) is 4.42 Å². The van der Waals surface area contributed by atoms with Gasteiger partial charge in [-0.2, -0.15) is 0 Å². The number of hydrogen-bond donors (Lipinski definition) is 1. The van der Waals surface area contributed by atoms with E-state index in [-0.39, 0.29) is 0 Å². The largest absolute Gasteiger partial charge is 0.463 e. The van der Waals surface area contributed by atoms with Gasteiger partial charge < -0.3 is 9.73 Å². The number of nitrogens with one attached hydrogen (secondary N) is 1. The molecule has 0 saturated heterocycles. The summed E-state index contributed by atoms with van der Waals surface area (Å²) in [5, 5.41) is 4.41. The highest BCUT2D eigenvalue weighted by Gasteiger charge is 2.06. The zero-order valence-electron chi connectivity index (χ0n) is 10.2. The van der Waals surface area contributed by atoms with Crippen molar-refractivity contribution in [2.24, 2.45) is 0 Å². The average molecular weight is 271 g/mol. The van der Waals surface area contributed by atoms with Crippen LogP contribution in [0.5, 0.6) is 0 Å². The third kappa shape index (κ3) is 3.07. The van der Waals surface area contributed by atoms with Gasteiger partial charge in [-0.15, -0.1) is 11.3 Å². The predicted octanol–water partition coefficient (Wildman–Crippen LogP) is 3.09. The molecule has 0 saturated carbocycles. The van der Waals surface area contributed by atoms with Gasteiger partial charge in [-0.05, 0) is 23.8 Å². The molecule has 0 aliphatic heterocycles. The first kappa shape index (κ1) is 12.1. The van der Waals surface area contributed by atoms with Gasteiger partial charge in [0.15, 0.2) is 0 Å². The van der Waals surface area contributed by atoms with Crippen LogP contribution in [0, 0.1) is 0 Å². The Morgan fingerprint density at radius 1 is 1.16 bits per heavy atom. The Morgan fingerprint density at radius 2 is 2.16 bits per heavy atom. The Bertz CT molecular complexity index is 619. The number of nitrogens with zero attached hydrogens (tertiary/aromatic N) is 2. The van der Waals surface area contributed by atoms with E-state index in [0.717, 1.165) is 28.7 Å². The zero-order chi connectivity index (χ0) is 12.9. The number of hydrogen-bond acceptors (Lipinski definition) is 5. The van der Waals surface area contributed by atoms with Crippen LogP contribution in [-0.2, 0) is 13.1 Å². The first-order valence-electron chi connectivity index (χ1n) is 6.00. The minimum absolute atomic E-state index is 0.750. The number of aromatic nitrogens is 2. The highest BCUT2D eigenvalue weighted by atomic mass is 32.1. The molecule has 0 spiro atoms. The molecule has 0 aliphatic rings. The molecule has 0 aliphatic carbocycles. The van der Waals surface area contributed by atoms with Crippen molar-refractivity contribution in [1.82, 2.24) is 15.3 Å². The molecule has 3 rings (SSSR count). The van der Waals surface area contributed by atoms with Gasteiger partial charge in [0.05, 0.1) is 11.1 Å². The zero-order valence-corrected chi connectivity index (χ0v) is 11.1. The monoisotopic (exact) mass is 271 g/mol. The van der Waals surface area contributed by atoms with Gasteiger partial charge in [0.25, 0.3) is 0 Å². The van der Waals surface area contributed by atoms with Crippen molar-refractivity contribution in [1.29, 1.82) is 0 Å². The lowest BCUT2D eigenvalue weighted by Gasteiger charge is -2.01. The van der Waals surface area contributed by atoms with Gasteiger partial charge in [0, 0.05) is 31.7 Å². The van der Waals surface area contributed by atoms with E-state index in [9.17, 15) is 0 Å². The third-order valence-electron chi connectivity index (χ3n) is 2.65. The van der Waals surface area contributed by atoms with Crippen LogP contribution >= 0.6 is 11.3 Å². The van der Waals surface area contributed by atoms with Crippen LogP contribution in [0.25, 0.3) is 10.6 Å². The molecule has 1 N–H and O–H groups in total. The Morgan fingerprint density at radius 3 is 2.95 bits per heavy atom. The van der Waals surface area contributed by atoms with E-state index < -0.39 is 0 Å². The lowest BCUT2D eigenvalue weighted by Crippen LogP contribution is -2.12. The van der Waals surface area contributed by atoms with Crippen LogP contribution in [-0.4, -0.2) is 9.97 Å². The summed E-state index contributed by atoms with van der Waals surface area (Å²) in [5.74, 6) is 0.871. The predicted molar refractivity (Wildman–Crippen MR) is 74.6 cm³/mol. The fraction of sp³-hybridized carbons (Fsp3) is 0.143. The van der Waals surface area contributed by atoms with Gasteiger partial charge in [0.1, 0.15) is 10.8 Å². The molecule has 0 aromatic carbocycles. The van der Waals surface area contributed by atoms with E-state index in [1.165, 1.54) is 5.56 Å². The first-order valence-corrected chi connectivity index (χ1v) is 6.82. The Hall–Kier alpha value is -1.98. The van der Waals surface area contributed by atoms with Crippen molar-refractivity contribution in [2.45, 2.75) is 13.1 Å². The summed E-state index contributed by atoms with van der Waals surface area (Å²) in [6, 6.07) is 7.82. The fourth-order valence-electron chi connectivity index (χ4n) is 1.74. The minimum Gasteiger partial charge on any atom is -0.463 e. The SMILES string of the molecule is c1cncc(CNCc2ncc(-c3ccco3)s2)c1. The van der Waals surface area contributed by atoms with Crippen molar-refractivity contribution in [3.05, 3.63) is 59.7 Å². The maximum atomic E-state index is 5.35. The molecule has 0 unspecified atom stereocenters. The van der Waals surface area contributed by atoms with Crippen LogP contribution in [0.15, 0.2) is 53.5 Å². The summed E-state index contributed by atoms with van der Waals surface area (Å²) in [4.78, 5) is 9.53. The molecule has 96 valence electrons. The molecule has 0 fully saturated rings. The number of thiazole rings is 1. The average Bonchev–Trinajstić information content (AvgIpc) is 3.10. The quantitative estimate of drug-likeness (QED) is 0.774. The van der Waals surface area contributed by atoms with E-state index in [0.29, 0.717) is 0 Å². The van der Waals surface area contributed by atoms with Crippen molar-refractivity contribution < 1.29 is 4.42 Å². The molecule has 0 bridgehead atoms. The molecule has 0 radical (unpaired) electrons. The highest BCUT2D eigenvalue weighted by molar-refractivity contribution is 7.15. The maximum Gasteiger partial charge on any atom is 0.145 e. The Kier molecular flexibility index (Phi) is 3.67. The first-order chi connectivity index (χ1) is 9.42. The number of pyridine rings is 1. The van der Waals surface area contributed by atoms with Crippen molar-refractivity contribution in [3.8, 4) is 10.6 Å². The Balaban J connectivity index is 1.56. The molecular formula is C14H13N3OS. The van der Waals surface area contributed by atoms with Gasteiger partial charge in [-0.25, -0.2) is 4.98 Å². The molecule has 3 aromatic rings. The Labute approximate surface area is 115 Å². The van der Waals surface area contributed by atoms with Gasteiger partial charge in [-0.1, -0.05) is 6.07 Å². The molecule has 5 heteroatoms. The number of rotatable bonds is 5. The summed E-state index contributed by atoms with van der Waals surface area (Å²) in [7, 11) is 0. The summed E-state index contributed by atoms with van der Waals surface area (Å²) >= 11 is 1.64. The molecular weight excluding hydrogens is 258 g/mol. The number of furan rings is 1. The molecule has 0 amide bonds. The highest BCUT2D eigenvalue weighted by Crippen LogP contribution is 2.26. The van der Waals surface area contributed by atoms with Crippen LogP contribution < -0.4 is 5.32 Å². The van der Waals surface area contributed by atoms with Gasteiger partial charge >= 0.3 is 0 Å². The molecule has 3 aromatic heterocycles. The molecule has 3 heterocycles. The lowest BCUT2D eigenvalue weighted by molar-refractivity contribution is 0.583. The fourth-order valence-corrected chi connectivity index (χ4v) is 2.60. The minimum atomic E-state index is 0.750. The molecule has 0 atom stereocenters. The molecule has 4 nitrogen and oxygen atoms in total. The third-order valence-corrected chi connectivity index (χ3v) is 3.66. The van der Waals surface area contributed by atoms with E-state index in [1.54, 1.807) is 23.8 Å². The van der Waals surface area contributed by atoms with E-state index >= 15 is 0 Å². The van der Waals surface area contributed by atoms with Crippen LogP contribution in [0.1, 0.15) is 10.6 Å². The van der Waals surface area contributed by atoms with E-state index in [1.807, 2.05) is 30.6 Å². The molecule has 19 heavy (non-hydrogen) atoms. The van der Waals surface area contributed by atoms with Crippen molar-refractivity contribution in [2.75, 3.05) is 0 Å². The maximum absolute atomic E-state index is 5.35. The second-order valence-corrected chi connectivity index (χ2v) is 5.18. The van der Waals surface area contributed by atoms with Crippen molar-refractivity contribution >= 4 is 11.3 Å². The second-order valence-electron chi connectivity index (χ2n) is 4.06. The smallest absolute Gasteiger partial charge is 0.145 e. The van der Waals surface area contributed by atoms with Gasteiger partial charge in [0.2, 0.25) is 0 Å². The van der Waals surface area contributed by atoms with Crippen LogP contribution in [0.3, 0.4) is 0 Å². The summed E-state index contributed by atoms with van der Waals surface area (Å²) in [5.41, 5.74) is 1.17. The standard InChI is InChI=1S/C14H13N3OS/c1-3-11(7-15-5-1)8-16-10-14-17-9-13(19-14)12-4-2-6-18-12/h1-7,9,16H,8,10H2. The second kappa shape index (κ2) is 5.77. The topological polar surface area (TPSA) is 51.0 Å². The van der Waals surface area contributed by atoms with Crippen LogP contribution in [0.4, 0.5) is 0 Å². The lowest BCUT2D eigenvalue weighted by atomic mass is 10.3. The van der Waals surface area contributed by atoms with Crippen LogP contribution in [0.2, 0.25) is 0 Å². The summed E-state index contributed by atoms with van der Waals surface area (Å²) in [6.07, 6.45) is 7.17. The van der Waals surface area contributed by atoms with Crippen molar-refractivity contribution in [3.63, 3.8) is 0 Å². The normalized spacial score (nSPS) is 10.7. The summed E-state index contributed by atoms with van der Waals surface area (Å²) < 4.78 is 5.35. The van der Waals surface area contributed by atoms with Gasteiger partial charge in [-0.3, -0.25) is 4.98 Å². The van der Waals surface area contributed by atoms with E-state index in [2.05, 4.69) is 21.4 Å². The summed E-state index contributed by atoms with van der Waals surface area (Å²) in [6.45, 7) is 1.55.